The zero-order chi connectivity index (χ0) is 8.55. The molecule has 66 valence electrons. The van der Waals surface area contributed by atoms with Crippen LogP contribution in [0.1, 0.15) is 13.8 Å². The van der Waals surface area contributed by atoms with Gasteiger partial charge in [-0.3, -0.25) is 0 Å². The van der Waals surface area contributed by atoms with E-state index in [2.05, 4.69) is 24.3 Å². The molecule has 1 aliphatic heterocycles. The lowest BCUT2D eigenvalue weighted by atomic mass is 9.95. The van der Waals surface area contributed by atoms with Crippen LogP contribution in [0.2, 0.25) is 0 Å². The van der Waals surface area contributed by atoms with Crippen molar-refractivity contribution in [1.29, 1.82) is 0 Å². The number of nitrogens with one attached hydrogen (secondary N) is 1. The van der Waals surface area contributed by atoms with Gasteiger partial charge in [0.2, 0.25) is 0 Å². The van der Waals surface area contributed by atoms with Gasteiger partial charge in [0.1, 0.15) is 5.82 Å². The number of hydrogen-bond donors (Lipinski definition) is 1. The molecule has 0 aliphatic carbocycles. The fourth-order valence-electron chi connectivity index (χ4n) is 1.60. The predicted molar refractivity (Wildman–Crippen MR) is 49.0 cm³/mol. The summed E-state index contributed by atoms with van der Waals surface area (Å²) in [5.74, 6) is 2.61. The molecule has 3 nitrogen and oxygen atoms in total. The Kier molecular flexibility index (Phi) is 1.79. The Morgan fingerprint density at radius 2 is 2.50 bits per heavy atom. The molecular formula is C9H15N3. The predicted octanol–water partition coefficient (Wildman–Crippen LogP) is 1.58. The molecule has 12 heavy (non-hydrogen) atoms. The summed E-state index contributed by atoms with van der Waals surface area (Å²) in [5.41, 5.74) is 0. The minimum atomic E-state index is 0.720. The van der Waals surface area contributed by atoms with Crippen LogP contribution in [0.25, 0.3) is 0 Å². The summed E-state index contributed by atoms with van der Waals surface area (Å²) in [6, 6.07) is 2.02. The van der Waals surface area contributed by atoms with Gasteiger partial charge in [-0.05, 0) is 11.8 Å². The summed E-state index contributed by atoms with van der Waals surface area (Å²) in [5, 5.41) is 7.62. The van der Waals surface area contributed by atoms with Crippen molar-refractivity contribution in [3.63, 3.8) is 0 Å². The second kappa shape index (κ2) is 2.81. The third-order valence-electron chi connectivity index (χ3n) is 2.61. The summed E-state index contributed by atoms with van der Waals surface area (Å²) in [4.78, 5) is 0. The number of anilines is 1. The lowest BCUT2D eigenvalue weighted by Gasteiger charge is -2.27. The summed E-state index contributed by atoms with van der Waals surface area (Å²) in [6.45, 7) is 6.68. The summed E-state index contributed by atoms with van der Waals surface area (Å²) in [6.07, 6.45) is 1.85. The van der Waals surface area contributed by atoms with Crippen LogP contribution in [-0.4, -0.2) is 16.3 Å². The second-order valence-corrected chi connectivity index (χ2v) is 3.78. The van der Waals surface area contributed by atoms with Gasteiger partial charge in [-0.1, -0.05) is 13.8 Å². The van der Waals surface area contributed by atoms with Gasteiger partial charge in [0.25, 0.3) is 0 Å². The van der Waals surface area contributed by atoms with Crippen LogP contribution in [0.4, 0.5) is 5.82 Å². The molecule has 0 bridgehead atoms. The van der Waals surface area contributed by atoms with Gasteiger partial charge in [0, 0.05) is 19.2 Å². The smallest absolute Gasteiger partial charge is 0.124 e. The summed E-state index contributed by atoms with van der Waals surface area (Å²) < 4.78 is 2.05. The molecule has 0 spiro atoms. The number of hydrogen-bond acceptors (Lipinski definition) is 2. The van der Waals surface area contributed by atoms with Crippen LogP contribution >= 0.6 is 0 Å². The first-order valence-corrected chi connectivity index (χ1v) is 4.53. The average molecular weight is 165 g/mol. The first-order valence-electron chi connectivity index (χ1n) is 4.53. The highest BCUT2D eigenvalue weighted by Gasteiger charge is 2.20. The molecule has 0 saturated heterocycles. The Balaban J connectivity index is 2.15. The van der Waals surface area contributed by atoms with Crippen molar-refractivity contribution in [2.75, 3.05) is 11.9 Å². The van der Waals surface area contributed by atoms with E-state index in [9.17, 15) is 0 Å². The molecule has 0 aromatic carbocycles. The van der Waals surface area contributed by atoms with Crippen LogP contribution in [-0.2, 0) is 6.54 Å². The van der Waals surface area contributed by atoms with Gasteiger partial charge < -0.3 is 5.32 Å². The second-order valence-electron chi connectivity index (χ2n) is 3.78. The first-order chi connectivity index (χ1) is 5.77. The lowest BCUT2D eigenvalue weighted by molar-refractivity contribution is 0.322. The van der Waals surface area contributed by atoms with E-state index in [4.69, 9.17) is 0 Å². The topological polar surface area (TPSA) is 29.9 Å². The summed E-state index contributed by atoms with van der Waals surface area (Å²) >= 11 is 0. The Morgan fingerprint density at radius 3 is 3.25 bits per heavy atom. The number of nitrogens with zero attached hydrogens (tertiary/aromatic N) is 2. The molecule has 0 saturated carbocycles. The van der Waals surface area contributed by atoms with E-state index >= 15 is 0 Å². The Bertz CT molecular complexity index is 264. The van der Waals surface area contributed by atoms with Gasteiger partial charge in [0.05, 0.1) is 6.20 Å². The molecule has 0 amide bonds. The largest absolute Gasteiger partial charge is 0.370 e. The molecule has 1 N–H and O–H groups in total. The Labute approximate surface area is 72.8 Å². The SMILES string of the molecule is CC(C)C1CNc2ccnn2C1. The van der Waals surface area contributed by atoms with E-state index in [-0.39, 0.29) is 0 Å². The molecule has 1 aromatic rings. The number of aromatic nitrogens is 2. The molecule has 1 aromatic heterocycles. The van der Waals surface area contributed by atoms with Crippen LogP contribution in [0.3, 0.4) is 0 Å². The molecule has 0 fully saturated rings. The average Bonchev–Trinajstić information content (AvgIpc) is 2.49. The molecule has 3 heteroatoms. The normalized spacial score (nSPS) is 22.1. The van der Waals surface area contributed by atoms with E-state index in [0.29, 0.717) is 0 Å². The van der Waals surface area contributed by atoms with E-state index < -0.39 is 0 Å². The van der Waals surface area contributed by atoms with Crippen LogP contribution in [0.5, 0.6) is 0 Å². The molecular weight excluding hydrogens is 150 g/mol. The standard InChI is InChI=1S/C9H15N3/c1-7(2)8-5-10-9-3-4-11-12(9)6-8/h3-4,7-8,10H,5-6H2,1-2H3. The maximum atomic E-state index is 4.24. The van der Waals surface area contributed by atoms with Crippen molar-refractivity contribution in [3.05, 3.63) is 12.3 Å². The van der Waals surface area contributed by atoms with Crippen molar-refractivity contribution < 1.29 is 0 Å². The van der Waals surface area contributed by atoms with E-state index in [1.807, 2.05) is 16.9 Å². The number of rotatable bonds is 1. The van der Waals surface area contributed by atoms with Crippen molar-refractivity contribution in [2.45, 2.75) is 20.4 Å². The summed E-state index contributed by atoms with van der Waals surface area (Å²) in [7, 11) is 0. The van der Waals surface area contributed by atoms with Crippen molar-refractivity contribution in [1.82, 2.24) is 9.78 Å². The van der Waals surface area contributed by atoms with Gasteiger partial charge in [-0.15, -0.1) is 0 Å². The zero-order valence-corrected chi connectivity index (χ0v) is 7.62. The van der Waals surface area contributed by atoms with E-state index in [1.165, 1.54) is 0 Å². The highest BCUT2D eigenvalue weighted by molar-refractivity contribution is 5.35. The third kappa shape index (κ3) is 1.19. The monoisotopic (exact) mass is 165 g/mol. The minimum absolute atomic E-state index is 0.720. The molecule has 1 unspecified atom stereocenters. The van der Waals surface area contributed by atoms with Crippen molar-refractivity contribution in [2.24, 2.45) is 11.8 Å². The maximum absolute atomic E-state index is 4.24. The lowest BCUT2D eigenvalue weighted by Crippen LogP contribution is -2.30. The van der Waals surface area contributed by atoms with Crippen molar-refractivity contribution >= 4 is 5.82 Å². The van der Waals surface area contributed by atoms with Crippen LogP contribution in [0.15, 0.2) is 12.3 Å². The van der Waals surface area contributed by atoms with E-state index in [0.717, 1.165) is 30.7 Å². The fraction of sp³-hybridized carbons (Fsp3) is 0.667. The fourth-order valence-corrected chi connectivity index (χ4v) is 1.60. The highest BCUT2D eigenvalue weighted by atomic mass is 15.3. The van der Waals surface area contributed by atoms with Gasteiger partial charge in [-0.25, -0.2) is 4.68 Å². The zero-order valence-electron chi connectivity index (χ0n) is 7.62. The van der Waals surface area contributed by atoms with E-state index in [1.54, 1.807) is 0 Å². The third-order valence-corrected chi connectivity index (χ3v) is 2.61. The van der Waals surface area contributed by atoms with Gasteiger partial charge >= 0.3 is 0 Å². The molecule has 2 rings (SSSR count). The van der Waals surface area contributed by atoms with Crippen LogP contribution in [0, 0.1) is 11.8 Å². The Hall–Kier alpha value is -0.990. The molecule has 2 heterocycles. The molecule has 0 radical (unpaired) electrons. The molecule has 1 aliphatic rings. The first kappa shape index (κ1) is 7.65. The Morgan fingerprint density at radius 1 is 1.67 bits per heavy atom. The minimum Gasteiger partial charge on any atom is -0.370 e. The highest BCUT2D eigenvalue weighted by Crippen LogP contribution is 2.21. The maximum Gasteiger partial charge on any atom is 0.124 e. The molecule has 1 atom stereocenters. The van der Waals surface area contributed by atoms with Gasteiger partial charge in [0.15, 0.2) is 0 Å². The van der Waals surface area contributed by atoms with Crippen molar-refractivity contribution in [3.8, 4) is 0 Å². The van der Waals surface area contributed by atoms with Crippen LogP contribution < -0.4 is 5.32 Å². The quantitative estimate of drug-likeness (QED) is 0.684. The number of fused-ring (bicyclic) bond motifs is 1. The van der Waals surface area contributed by atoms with Gasteiger partial charge in [-0.2, -0.15) is 5.10 Å².